The third-order valence-electron chi connectivity index (χ3n) is 6.73. The molecule has 1 aromatic carbocycles. The van der Waals surface area contributed by atoms with E-state index in [4.69, 9.17) is 0 Å². The normalized spacial score (nSPS) is 25.3. The van der Waals surface area contributed by atoms with Crippen LogP contribution < -0.4 is 10.6 Å². The largest absolute Gasteiger partial charge is 0.416 e. The minimum atomic E-state index is -4.55. The molecule has 2 amide bonds. The second-order valence-corrected chi connectivity index (χ2v) is 9.14. The Morgan fingerprint density at radius 2 is 1.83 bits per heavy atom. The molecule has 35 heavy (non-hydrogen) atoms. The van der Waals surface area contributed by atoms with Gasteiger partial charge in [0.05, 0.1) is 12.1 Å². The monoisotopic (exact) mass is 491 g/mol. The van der Waals surface area contributed by atoms with Crippen LogP contribution in [0.3, 0.4) is 0 Å². The molecule has 4 rings (SSSR count). The fourth-order valence-electron chi connectivity index (χ4n) is 4.82. The van der Waals surface area contributed by atoms with Crippen molar-refractivity contribution in [2.24, 2.45) is 0 Å². The molecule has 1 aliphatic carbocycles. The van der Waals surface area contributed by atoms with Crippen LogP contribution in [0.25, 0.3) is 0 Å². The quantitative estimate of drug-likeness (QED) is 0.572. The van der Waals surface area contributed by atoms with Gasteiger partial charge in [0, 0.05) is 43.1 Å². The lowest BCUT2D eigenvalue weighted by molar-refractivity contribution is -0.137. The summed E-state index contributed by atoms with van der Waals surface area (Å²) < 4.78 is 38.5. The SMILES string of the molecule is O=C(CNC(=O)c1cccc(C(F)(F)F)c1)NC1CCN(C2CCC(O)(c3ncccn3)CC2)C1. The highest BCUT2D eigenvalue weighted by atomic mass is 19.4. The summed E-state index contributed by atoms with van der Waals surface area (Å²) in [4.78, 5) is 35.2. The summed E-state index contributed by atoms with van der Waals surface area (Å²) >= 11 is 0. The van der Waals surface area contributed by atoms with Crippen LogP contribution in [0.15, 0.2) is 42.7 Å². The van der Waals surface area contributed by atoms with Gasteiger partial charge in [-0.3, -0.25) is 14.5 Å². The van der Waals surface area contributed by atoms with Gasteiger partial charge in [0.2, 0.25) is 5.91 Å². The zero-order valence-electron chi connectivity index (χ0n) is 19.1. The number of halogens is 3. The molecule has 2 heterocycles. The highest BCUT2D eigenvalue weighted by Crippen LogP contribution is 2.37. The van der Waals surface area contributed by atoms with Crippen LogP contribution in [0.1, 0.15) is 53.8 Å². The molecule has 8 nitrogen and oxygen atoms in total. The maximum absolute atomic E-state index is 12.8. The molecule has 0 spiro atoms. The second kappa shape index (κ2) is 10.3. The van der Waals surface area contributed by atoms with E-state index in [1.54, 1.807) is 18.5 Å². The van der Waals surface area contributed by atoms with Crippen molar-refractivity contribution < 1.29 is 27.9 Å². The molecule has 2 fully saturated rings. The van der Waals surface area contributed by atoms with Crippen molar-refractivity contribution in [3.05, 3.63) is 59.7 Å². The van der Waals surface area contributed by atoms with Crippen LogP contribution in [0.4, 0.5) is 13.2 Å². The standard InChI is InChI=1S/C24H28F3N5O3/c25-24(26,27)17-4-1-3-16(13-17)21(34)30-14-20(33)31-18-7-12-32(15-18)19-5-8-23(35,9-6-19)22-28-10-2-11-29-22/h1-4,10-11,13,18-19,35H,5-9,12,14-15H2,(H,30,34)(H,31,33). The minimum absolute atomic E-state index is 0.0776. The van der Waals surface area contributed by atoms with Gasteiger partial charge in [-0.05, 0) is 56.4 Å². The van der Waals surface area contributed by atoms with Gasteiger partial charge in [0.1, 0.15) is 5.60 Å². The molecule has 1 aliphatic heterocycles. The van der Waals surface area contributed by atoms with Gasteiger partial charge in [-0.2, -0.15) is 13.2 Å². The van der Waals surface area contributed by atoms with Crippen LogP contribution in [0.2, 0.25) is 0 Å². The zero-order chi connectivity index (χ0) is 25.1. The molecule has 1 saturated heterocycles. The summed E-state index contributed by atoms with van der Waals surface area (Å²) in [6.07, 6.45) is 2.19. The van der Waals surface area contributed by atoms with Crippen molar-refractivity contribution in [2.45, 2.75) is 56.0 Å². The number of benzene rings is 1. The fourth-order valence-corrected chi connectivity index (χ4v) is 4.82. The van der Waals surface area contributed by atoms with Gasteiger partial charge < -0.3 is 15.7 Å². The molecule has 2 aromatic rings. The molecule has 0 bridgehead atoms. The summed E-state index contributed by atoms with van der Waals surface area (Å²) in [6.45, 7) is 1.16. The second-order valence-electron chi connectivity index (χ2n) is 9.14. The number of nitrogens with zero attached hydrogens (tertiary/aromatic N) is 3. The van der Waals surface area contributed by atoms with Crippen molar-refractivity contribution >= 4 is 11.8 Å². The Kier molecular flexibility index (Phi) is 7.36. The Bertz CT molecular complexity index is 1040. The zero-order valence-corrected chi connectivity index (χ0v) is 19.1. The summed E-state index contributed by atoms with van der Waals surface area (Å²) in [5.74, 6) is -0.676. The van der Waals surface area contributed by atoms with Crippen LogP contribution in [-0.2, 0) is 16.6 Å². The van der Waals surface area contributed by atoms with Crippen molar-refractivity contribution in [1.29, 1.82) is 0 Å². The third kappa shape index (κ3) is 6.15. The molecular formula is C24H28F3N5O3. The fraction of sp³-hybridized carbons (Fsp3) is 0.500. The van der Waals surface area contributed by atoms with E-state index in [0.29, 0.717) is 31.3 Å². The van der Waals surface area contributed by atoms with Gasteiger partial charge in [0.15, 0.2) is 5.82 Å². The predicted molar refractivity (Wildman–Crippen MR) is 120 cm³/mol. The van der Waals surface area contributed by atoms with Gasteiger partial charge >= 0.3 is 6.18 Å². The summed E-state index contributed by atoms with van der Waals surface area (Å²) in [5.41, 5.74) is -2.08. The molecule has 188 valence electrons. The number of hydrogen-bond donors (Lipinski definition) is 3. The highest BCUT2D eigenvalue weighted by Gasteiger charge is 2.40. The van der Waals surface area contributed by atoms with Crippen molar-refractivity contribution in [3.8, 4) is 0 Å². The lowest BCUT2D eigenvalue weighted by Crippen LogP contribution is -2.45. The first-order valence-electron chi connectivity index (χ1n) is 11.6. The maximum atomic E-state index is 12.8. The minimum Gasteiger partial charge on any atom is -0.382 e. The van der Waals surface area contributed by atoms with E-state index >= 15 is 0 Å². The first-order chi connectivity index (χ1) is 16.6. The van der Waals surface area contributed by atoms with E-state index in [1.807, 2.05) is 0 Å². The molecule has 11 heteroatoms. The molecule has 0 radical (unpaired) electrons. The number of amides is 2. The van der Waals surface area contributed by atoms with E-state index in [1.165, 1.54) is 6.07 Å². The number of rotatable bonds is 6. The number of alkyl halides is 3. The van der Waals surface area contributed by atoms with Gasteiger partial charge in [-0.1, -0.05) is 6.07 Å². The molecule has 1 unspecified atom stereocenters. The van der Waals surface area contributed by atoms with E-state index < -0.39 is 29.2 Å². The lowest BCUT2D eigenvalue weighted by Gasteiger charge is -2.38. The molecule has 1 atom stereocenters. The Hall–Kier alpha value is -3.05. The van der Waals surface area contributed by atoms with Crippen LogP contribution in [0.5, 0.6) is 0 Å². The first kappa shape index (κ1) is 25.1. The van der Waals surface area contributed by atoms with Crippen LogP contribution >= 0.6 is 0 Å². The van der Waals surface area contributed by atoms with E-state index in [9.17, 15) is 27.9 Å². The molecule has 3 N–H and O–H groups in total. The number of carbonyl (C=O) groups is 2. The Morgan fingerprint density at radius 3 is 2.51 bits per heavy atom. The number of nitrogens with one attached hydrogen (secondary N) is 2. The van der Waals surface area contributed by atoms with Crippen molar-refractivity contribution in [2.75, 3.05) is 19.6 Å². The van der Waals surface area contributed by atoms with Crippen molar-refractivity contribution in [1.82, 2.24) is 25.5 Å². The van der Waals surface area contributed by atoms with Gasteiger partial charge in [-0.25, -0.2) is 9.97 Å². The number of carbonyl (C=O) groups excluding carboxylic acids is 2. The van der Waals surface area contributed by atoms with Crippen LogP contribution in [0, 0.1) is 0 Å². The lowest BCUT2D eigenvalue weighted by atomic mass is 9.81. The number of aromatic nitrogens is 2. The Labute approximate surface area is 200 Å². The molecule has 2 aliphatic rings. The maximum Gasteiger partial charge on any atom is 0.416 e. The van der Waals surface area contributed by atoms with E-state index in [0.717, 1.165) is 44.0 Å². The molecule has 1 saturated carbocycles. The summed E-state index contributed by atoms with van der Waals surface area (Å²) in [6, 6.07) is 6.01. The van der Waals surface area contributed by atoms with E-state index in [2.05, 4.69) is 25.5 Å². The van der Waals surface area contributed by atoms with Crippen LogP contribution in [-0.4, -0.2) is 63.5 Å². The van der Waals surface area contributed by atoms with E-state index in [-0.39, 0.29) is 18.2 Å². The number of likely N-dealkylation sites (tertiary alicyclic amines) is 1. The molecule has 1 aromatic heterocycles. The number of aliphatic hydroxyl groups is 1. The first-order valence-corrected chi connectivity index (χ1v) is 11.6. The molecular weight excluding hydrogens is 463 g/mol. The van der Waals surface area contributed by atoms with Crippen molar-refractivity contribution in [3.63, 3.8) is 0 Å². The summed E-state index contributed by atoms with van der Waals surface area (Å²) in [5, 5.41) is 16.2. The van der Waals surface area contributed by atoms with Gasteiger partial charge in [-0.15, -0.1) is 0 Å². The topological polar surface area (TPSA) is 107 Å². The average Bonchev–Trinajstić information content (AvgIpc) is 3.31. The predicted octanol–water partition coefficient (Wildman–Crippen LogP) is 2.25. The average molecular weight is 492 g/mol. The highest BCUT2D eigenvalue weighted by molar-refractivity contribution is 5.96. The Balaban J connectivity index is 1.21. The van der Waals surface area contributed by atoms with Gasteiger partial charge in [0.25, 0.3) is 5.91 Å². The number of hydrogen-bond acceptors (Lipinski definition) is 6. The Morgan fingerprint density at radius 1 is 1.11 bits per heavy atom. The summed E-state index contributed by atoms with van der Waals surface area (Å²) in [7, 11) is 0. The smallest absolute Gasteiger partial charge is 0.382 e. The third-order valence-corrected chi connectivity index (χ3v) is 6.73.